The van der Waals surface area contributed by atoms with Gasteiger partial charge in [-0.3, -0.25) is 0 Å². The molecule has 106 valence electrons. The van der Waals surface area contributed by atoms with Gasteiger partial charge in [-0.2, -0.15) is 21.0 Å². The average Bonchev–Trinajstić information content (AvgIpc) is 3.22. The summed E-state index contributed by atoms with van der Waals surface area (Å²) in [6, 6.07) is 7.91. The van der Waals surface area contributed by atoms with E-state index < -0.39 is 16.1 Å². The van der Waals surface area contributed by atoms with Crippen molar-refractivity contribution in [3.05, 3.63) is 30.3 Å². The van der Waals surface area contributed by atoms with Crippen LogP contribution in [0.3, 0.4) is 0 Å². The van der Waals surface area contributed by atoms with Crippen LogP contribution in [0, 0.1) is 56.2 Å². The lowest BCUT2D eigenvalue weighted by atomic mass is 9.60. The number of nitrogens with zero attached hydrogens (tertiary/aromatic N) is 4. The van der Waals surface area contributed by atoms with Crippen molar-refractivity contribution in [3.63, 3.8) is 0 Å². The number of hydrogen-bond donors (Lipinski definition) is 0. The van der Waals surface area contributed by atoms with Crippen LogP contribution >= 0.6 is 47.0 Å². The molecule has 1 atom stereocenters. The van der Waals surface area contributed by atoms with Crippen LogP contribution in [0.1, 0.15) is 6.42 Å². The van der Waals surface area contributed by atoms with E-state index in [1.54, 1.807) is 35.3 Å². The molecule has 0 amide bonds. The van der Waals surface area contributed by atoms with Gasteiger partial charge < -0.3 is 0 Å². The average molecular weight is 358 g/mol. The minimum atomic E-state index is -1.65. The van der Waals surface area contributed by atoms with Gasteiger partial charge in [-0.15, -0.1) is 11.8 Å². The third-order valence-corrected chi connectivity index (χ3v) is 9.30. The van der Waals surface area contributed by atoms with Crippen LogP contribution in [0.25, 0.3) is 0 Å². The largest absolute Gasteiger partial charge is 0.196 e. The lowest BCUT2D eigenvalue weighted by Gasteiger charge is -2.37. The molecule has 22 heavy (non-hydrogen) atoms. The topological polar surface area (TPSA) is 95.2 Å². The van der Waals surface area contributed by atoms with E-state index in [-0.39, 0.29) is 6.42 Å². The highest BCUT2D eigenvalue weighted by Gasteiger charge is 2.63. The molecule has 3 aliphatic rings. The molecule has 0 aromatic carbocycles. The van der Waals surface area contributed by atoms with E-state index in [2.05, 4.69) is 0 Å². The monoisotopic (exact) mass is 358 g/mol. The SMILES string of the molecule is N#CC1(C#N)CC=C2SC(=C3SC=CS3)SC2C1(C#N)C#N. The smallest absolute Gasteiger partial charge is 0.192 e. The van der Waals surface area contributed by atoms with Gasteiger partial charge in [-0.1, -0.05) is 41.4 Å². The first-order valence-corrected chi connectivity index (χ1v) is 9.54. The number of rotatable bonds is 0. The van der Waals surface area contributed by atoms with Crippen molar-refractivity contribution in [1.29, 1.82) is 21.0 Å². The molecule has 0 bridgehead atoms. The summed E-state index contributed by atoms with van der Waals surface area (Å²) in [4.78, 5) is 0.907. The second kappa shape index (κ2) is 5.65. The molecule has 8 heteroatoms. The Labute approximate surface area is 144 Å². The zero-order chi connectivity index (χ0) is 15.8. The Kier molecular flexibility index (Phi) is 3.98. The Morgan fingerprint density at radius 3 is 2.14 bits per heavy atom. The predicted octanol–water partition coefficient (Wildman–Crippen LogP) is 4.27. The lowest BCUT2D eigenvalue weighted by molar-refractivity contribution is 0.296. The van der Waals surface area contributed by atoms with Crippen LogP contribution in [0.15, 0.2) is 30.3 Å². The van der Waals surface area contributed by atoms with Crippen molar-refractivity contribution in [2.45, 2.75) is 11.7 Å². The van der Waals surface area contributed by atoms with E-state index in [1.165, 1.54) is 11.8 Å². The molecule has 1 unspecified atom stereocenters. The van der Waals surface area contributed by atoms with Gasteiger partial charge >= 0.3 is 0 Å². The fourth-order valence-electron chi connectivity index (χ4n) is 2.46. The first-order chi connectivity index (χ1) is 10.7. The van der Waals surface area contributed by atoms with E-state index in [0.717, 1.165) is 13.4 Å². The van der Waals surface area contributed by atoms with Gasteiger partial charge in [0.15, 0.2) is 10.8 Å². The van der Waals surface area contributed by atoms with Gasteiger partial charge in [0.1, 0.15) is 0 Å². The molecule has 1 saturated heterocycles. The van der Waals surface area contributed by atoms with Gasteiger partial charge in [0.2, 0.25) is 0 Å². The molecule has 2 aliphatic heterocycles. The Bertz CT molecular complexity index is 759. The highest BCUT2D eigenvalue weighted by Crippen LogP contribution is 2.65. The molecule has 0 aromatic rings. The summed E-state index contributed by atoms with van der Waals surface area (Å²) in [5, 5.41) is 41.8. The van der Waals surface area contributed by atoms with Gasteiger partial charge in [-0.25, -0.2) is 0 Å². The van der Waals surface area contributed by atoms with E-state index in [0.29, 0.717) is 0 Å². The third-order valence-electron chi connectivity index (χ3n) is 3.68. The first kappa shape index (κ1) is 15.5. The molecule has 1 aliphatic carbocycles. The maximum Gasteiger partial charge on any atom is 0.192 e. The van der Waals surface area contributed by atoms with E-state index in [1.807, 2.05) is 41.2 Å². The summed E-state index contributed by atoms with van der Waals surface area (Å²) in [5.74, 6) is 0. The highest BCUT2D eigenvalue weighted by atomic mass is 32.2. The minimum absolute atomic E-state index is 0.113. The molecular formula is C14H6N4S4. The summed E-state index contributed by atoms with van der Waals surface area (Å²) in [6.45, 7) is 0. The van der Waals surface area contributed by atoms with Crippen LogP contribution in [0.4, 0.5) is 0 Å². The maximum absolute atomic E-state index is 9.67. The van der Waals surface area contributed by atoms with E-state index in [4.69, 9.17) is 0 Å². The summed E-state index contributed by atoms with van der Waals surface area (Å²) in [5.41, 5.74) is -3.27. The van der Waals surface area contributed by atoms with Crippen LogP contribution in [0.5, 0.6) is 0 Å². The van der Waals surface area contributed by atoms with Crippen molar-refractivity contribution < 1.29 is 0 Å². The minimum Gasteiger partial charge on any atom is -0.196 e. The molecule has 0 radical (unpaired) electrons. The van der Waals surface area contributed by atoms with Crippen molar-refractivity contribution >= 4 is 47.0 Å². The molecule has 0 spiro atoms. The number of hydrogen-bond acceptors (Lipinski definition) is 8. The fourth-order valence-corrected chi connectivity index (χ4v) is 7.83. The standard InChI is InChI=1S/C14H6N4S4/c15-5-13(6-16)2-1-9-10(14(13,7-17)8-18)22-12(21-9)11-19-3-4-20-11/h1,3-4,10H,2H2. The summed E-state index contributed by atoms with van der Waals surface area (Å²) in [7, 11) is 0. The van der Waals surface area contributed by atoms with Gasteiger partial charge in [0, 0.05) is 11.3 Å². The quantitative estimate of drug-likeness (QED) is 0.633. The fraction of sp³-hybridized carbons (Fsp3) is 0.286. The van der Waals surface area contributed by atoms with E-state index in [9.17, 15) is 21.0 Å². The lowest BCUT2D eigenvalue weighted by Crippen LogP contribution is -2.47. The van der Waals surface area contributed by atoms with Crippen LogP contribution in [-0.4, -0.2) is 5.25 Å². The number of fused-ring (bicyclic) bond motifs is 1. The molecular weight excluding hydrogens is 352 g/mol. The van der Waals surface area contributed by atoms with Gasteiger partial charge in [-0.05, 0) is 10.8 Å². The van der Waals surface area contributed by atoms with Crippen LogP contribution in [-0.2, 0) is 0 Å². The first-order valence-electron chi connectivity index (χ1n) is 6.08. The Hall–Kier alpha value is -1.42. The zero-order valence-electron chi connectivity index (χ0n) is 10.9. The second-order valence-corrected chi connectivity index (χ2v) is 9.20. The van der Waals surface area contributed by atoms with Gasteiger partial charge in [0.25, 0.3) is 0 Å². The molecule has 3 rings (SSSR count). The van der Waals surface area contributed by atoms with Crippen molar-refractivity contribution in [2.24, 2.45) is 10.8 Å². The molecule has 0 N–H and O–H groups in total. The molecule has 4 nitrogen and oxygen atoms in total. The molecule has 0 aromatic heterocycles. The van der Waals surface area contributed by atoms with Crippen molar-refractivity contribution in [3.8, 4) is 24.3 Å². The normalized spacial score (nSPS) is 27.1. The summed E-state index contributed by atoms with van der Waals surface area (Å²) >= 11 is 6.19. The highest BCUT2D eigenvalue weighted by molar-refractivity contribution is 8.33. The van der Waals surface area contributed by atoms with E-state index >= 15 is 0 Å². The number of nitriles is 4. The van der Waals surface area contributed by atoms with Crippen LogP contribution < -0.4 is 0 Å². The summed E-state index contributed by atoms with van der Waals surface area (Å²) in [6.07, 6.45) is 1.95. The van der Waals surface area contributed by atoms with Gasteiger partial charge in [0.05, 0.1) is 38.0 Å². The zero-order valence-corrected chi connectivity index (χ0v) is 14.2. The number of thioether (sulfide) groups is 4. The van der Waals surface area contributed by atoms with Crippen LogP contribution in [0.2, 0.25) is 0 Å². The Morgan fingerprint density at radius 2 is 1.59 bits per heavy atom. The second-order valence-electron chi connectivity index (χ2n) is 4.65. The Balaban J connectivity index is 2.11. The van der Waals surface area contributed by atoms with Crippen molar-refractivity contribution in [1.82, 2.24) is 0 Å². The van der Waals surface area contributed by atoms with Crippen molar-refractivity contribution in [2.75, 3.05) is 0 Å². The Morgan fingerprint density at radius 1 is 0.955 bits per heavy atom. The maximum atomic E-state index is 9.67. The molecule has 1 fully saturated rings. The predicted molar refractivity (Wildman–Crippen MR) is 90.3 cm³/mol. The summed E-state index contributed by atoms with van der Waals surface area (Å²) < 4.78 is 2.16. The molecule has 0 saturated carbocycles. The third kappa shape index (κ3) is 1.93. The number of allylic oxidation sites excluding steroid dienone is 1. The molecule has 2 heterocycles.